The van der Waals surface area contributed by atoms with Crippen LogP contribution in [-0.2, 0) is 9.59 Å². The Kier molecular flexibility index (Phi) is 4.18. The lowest BCUT2D eigenvalue weighted by atomic mass is 10.2. The van der Waals surface area contributed by atoms with E-state index < -0.39 is 0 Å². The first-order valence-electron chi connectivity index (χ1n) is 7.60. The van der Waals surface area contributed by atoms with E-state index in [-0.39, 0.29) is 31.2 Å². The van der Waals surface area contributed by atoms with E-state index >= 15 is 0 Å². The van der Waals surface area contributed by atoms with Gasteiger partial charge in [0.1, 0.15) is 6.54 Å². The predicted octanol–water partition coefficient (Wildman–Crippen LogP) is 2.14. The first kappa shape index (κ1) is 14.7. The third kappa shape index (κ3) is 3.16. The average molecular weight is 304 g/mol. The molecular formula is C16H20N2O4. The highest BCUT2D eigenvalue weighted by Gasteiger charge is 2.26. The zero-order valence-electron chi connectivity index (χ0n) is 12.6. The summed E-state index contributed by atoms with van der Waals surface area (Å²) in [6, 6.07) is 5.45. The monoisotopic (exact) mass is 304 g/mol. The first-order chi connectivity index (χ1) is 10.6. The van der Waals surface area contributed by atoms with Crippen LogP contribution in [-0.4, -0.2) is 36.1 Å². The van der Waals surface area contributed by atoms with E-state index in [1.165, 1.54) is 6.92 Å². The van der Waals surface area contributed by atoms with E-state index in [9.17, 15) is 9.59 Å². The smallest absolute Gasteiger partial charge is 0.244 e. The lowest BCUT2D eigenvalue weighted by molar-refractivity contribution is -0.135. The fourth-order valence-corrected chi connectivity index (χ4v) is 3.04. The number of ether oxygens (including phenoxy) is 2. The number of carbonyl (C=O) groups is 2. The largest absolute Gasteiger partial charge is 0.454 e. The molecule has 1 saturated carbocycles. The number of hydrogen-bond donors (Lipinski definition) is 1. The Bertz CT molecular complexity index is 582. The van der Waals surface area contributed by atoms with Crippen LogP contribution in [0.15, 0.2) is 18.2 Å². The summed E-state index contributed by atoms with van der Waals surface area (Å²) in [5.74, 6) is 1.06. The molecule has 1 heterocycles. The minimum Gasteiger partial charge on any atom is -0.454 e. The molecule has 1 N–H and O–H groups in total. The van der Waals surface area contributed by atoms with Gasteiger partial charge in [-0.3, -0.25) is 9.59 Å². The van der Waals surface area contributed by atoms with Crippen molar-refractivity contribution in [2.75, 3.05) is 18.7 Å². The first-order valence-corrected chi connectivity index (χ1v) is 7.60. The molecule has 0 saturated heterocycles. The summed E-state index contributed by atoms with van der Waals surface area (Å²) >= 11 is 0. The molecule has 118 valence electrons. The lowest BCUT2D eigenvalue weighted by Gasteiger charge is -2.27. The second-order valence-corrected chi connectivity index (χ2v) is 5.70. The van der Waals surface area contributed by atoms with Crippen LogP contribution < -0.4 is 14.8 Å². The Labute approximate surface area is 129 Å². The van der Waals surface area contributed by atoms with Crippen LogP contribution in [0.1, 0.15) is 32.6 Å². The van der Waals surface area contributed by atoms with Crippen LogP contribution in [0.2, 0.25) is 0 Å². The van der Waals surface area contributed by atoms with Crippen molar-refractivity contribution in [2.24, 2.45) is 0 Å². The Balaban J connectivity index is 1.62. The van der Waals surface area contributed by atoms with E-state index in [1.54, 1.807) is 23.1 Å². The quantitative estimate of drug-likeness (QED) is 0.925. The Morgan fingerprint density at radius 1 is 1.23 bits per heavy atom. The van der Waals surface area contributed by atoms with Crippen LogP contribution in [0.5, 0.6) is 11.5 Å². The molecule has 0 unspecified atom stereocenters. The lowest BCUT2D eigenvalue weighted by Crippen LogP contribution is -2.42. The fraction of sp³-hybridized carbons (Fsp3) is 0.500. The normalized spacial score (nSPS) is 16.6. The summed E-state index contributed by atoms with van der Waals surface area (Å²) < 4.78 is 10.5. The molecule has 0 bridgehead atoms. The number of nitrogens with one attached hydrogen (secondary N) is 1. The molecular weight excluding hydrogens is 284 g/mol. The molecule has 6 heteroatoms. The van der Waals surface area contributed by atoms with E-state index in [0.29, 0.717) is 17.2 Å². The van der Waals surface area contributed by atoms with Gasteiger partial charge in [0.15, 0.2) is 11.5 Å². The Morgan fingerprint density at radius 2 is 1.95 bits per heavy atom. The van der Waals surface area contributed by atoms with Gasteiger partial charge in [-0.25, -0.2) is 0 Å². The number of hydrogen-bond acceptors (Lipinski definition) is 4. The van der Waals surface area contributed by atoms with E-state index in [4.69, 9.17) is 9.47 Å². The van der Waals surface area contributed by atoms with Crippen molar-refractivity contribution in [3.63, 3.8) is 0 Å². The maximum Gasteiger partial charge on any atom is 0.244 e. The molecule has 22 heavy (non-hydrogen) atoms. The summed E-state index contributed by atoms with van der Waals surface area (Å²) in [6.45, 7) is 1.81. The number of nitrogens with zero attached hydrogens (tertiary/aromatic N) is 1. The molecule has 2 amide bonds. The van der Waals surface area contributed by atoms with Gasteiger partial charge >= 0.3 is 0 Å². The Morgan fingerprint density at radius 3 is 2.68 bits per heavy atom. The van der Waals surface area contributed by atoms with Crippen LogP contribution in [0.4, 0.5) is 5.69 Å². The number of carbonyl (C=O) groups excluding carboxylic acids is 2. The molecule has 0 radical (unpaired) electrons. The van der Waals surface area contributed by atoms with Crippen molar-refractivity contribution in [2.45, 2.75) is 38.6 Å². The van der Waals surface area contributed by atoms with E-state index in [1.807, 2.05) is 0 Å². The summed E-state index contributed by atoms with van der Waals surface area (Å²) in [5, 5.41) is 2.81. The molecule has 1 fully saturated rings. The zero-order valence-corrected chi connectivity index (χ0v) is 12.6. The second kappa shape index (κ2) is 6.25. The average Bonchev–Trinajstić information content (AvgIpc) is 3.15. The Hall–Kier alpha value is -2.24. The van der Waals surface area contributed by atoms with Gasteiger partial charge in [0, 0.05) is 24.7 Å². The van der Waals surface area contributed by atoms with Crippen molar-refractivity contribution < 1.29 is 19.1 Å². The predicted molar refractivity (Wildman–Crippen MR) is 80.8 cm³/mol. The van der Waals surface area contributed by atoms with Crippen molar-refractivity contribution in [1.82, 2.24) is 4.90 Å². The molecule has 3 rings (SSSR count). The van der Waals surface area contributed by atoms with Crippen LogP contribution in [0.3, 0.4) is 0 Å². The maximum atomic E-state index is 12.2. The van der Waals surface area contributed by atoms with Crippen molar-refractivity contribution >= 4 is 17.5 Å². The molecule has 0 atom stereocenters. The molecule has 1 aliphatic heterocycles. The number of benzene rings is 1. The minimum absolute atomic E-state index is 0.0484. The fourth-order valence-electron chi connectivity index (χ4n) is 3.04. The van der Waals surface area contributed by atoms with Gasteiger partial charge in [0.2, 0.25) is 18.6 Å². The summed E-state index contributed by atoms with van der Waals surface area (Å²) in [6.07, 6.45) is 4.21. The van der Waals surface area contributed by atoms with Crippen molar-refractivity contribution in [3.8, 4) is 11.5 Å². The van der Waals surface area contributed by atoms with E-state index in [2.05, 4.69) is 5.32 Å². The highest BCUT2D eigenvalue weighted by atomic mass is 16.7. The highest BCUT2D eigenvalue weighted by molar-refractivity contribution is 5.94. The number of amides is 2. The number of anilines is 1. The van der Waals surface area contributed by atoms with Crippen LogP contribution in [0, 0.1) is 0 Å². The highest BCUT2D eigenvalue weighted by Crippen LogP contribution is 2.34. The SMILES string of the molecule is CC(=O)N(CC(=O)Nc1ccc2c(c1)OCO2)C1CCCC1. The van der Waals surface area contributed by atoms with Gasteiger partial charge in [-0.2, -0.15) is 0 Å². The van der Waals surface area contributed by atoms with Gasteiger partial charge in [-0.15, -0.1) is 0 Å². The second-order valence-electron chi connectivity index (χ2n) is 5.70. The summed E-state index contributed by atoms with van der Waals surface area (Å²) in [7, 11) is 0. The van der Waals surface area contributed by atoms with E-state index in [0.717, 1.165) is 25.7 Å². The third-order valence-electron chi connectivity index (χ3n) is 4.14. The van der Waals surface area contributed by atoms with Crippen LogP contribution in [0.25, 0.3) is 0 Å². The van der Waals surface area contributed by atoms with Gasteiger partial charge in [0.25, 0.3) is 0 Å². The van der Waals surface area contributed by atoms with Gasteiger partial charge in [-0.1, -0.05) is 12.8 Å². The summed E-state index contributed by atoms with van der Waals surface area (Å²) in [5.41, 5.74) is 0.643. The molecule has 0 aromatic heterocycles. The van der Waals surface area contributed by atoms with Crippen LogP contribution >= 0.6 is 0 Å². The molecule has 2 aliphatic rings. The standard InChI is InChI=1S/C16H20N2O4/c1-11(19)18(13-4-2-3-5-13)9-16(20)17-12-6-7-14-15(8-12)22-10-21-14/h6-8,13H,2-5,9-10H2,1H3,(H,17,20). The molecule has 1 aliphatic carbocycles. The molecule has 1 aromatic rings. The topological polar surface area (TPSA) is 67.9 Å². The zero-order chi connectivity index (χ0) is 15.5. The summed E-state index contributed by atoms with van der Waals surface area (Å²) in [4.78, 5) is 25.7. The third-order valence-corrected chi connectivity index (χ3v) is 4.14. The number of rotatable bonds is 4. The number of fused-ring (bicyclic) bond motifs is 1. The van der Waals surface area contributed by atoms with Crippen molar-refractivity contribution in [3.05, 3.63) is 18.2 Å². The molecule has 6 nitrogen and oxygen atoms in total. The van der Waals surface area contributed by atoms with Gasteiger partial charge in [-0.05, 0) is 25.0 Å². The van der Waals surface area contributed by atoms with Crippen molar-refractivity contribution in [1.29, 1.82) is 0 Å². The maximum absolute atomic E-state index is 12.2. The minimum atomic E-state index is -0.194. The molecule has 1 aromatic carbocycles. The molecule has 0 spiro atoms. The van der Waals surface area contributed by atoms with Gasteiger partial charge < -0.3 is 19.7 Å². The van der Waals surface area contributed by atoms with Gasteiger partial charge in [0.05, 0.1) is 0 Å².